The molecule has 17 heavy (non-hydrogen) atoms. The number of hydrogen-bond acceptors (Lipinski definition) is 2. The minimum absolute atomic E-state index is 0.134. The molecule has 2 atom stereocenters. The highest BCUT2D eigenvalue weighted by molar-refractivity contribution is 9.11. The lowest BCUT2D eigenvalue weighted by Gasteiger charge is -2.28. The number of nitriles is 1. The highest BCUT2D eigenvalue weighted by atomic mass is 79.9. The van der Waals surface area contributed by atoms with Crippen molar-refractivity contribution in [2.24, 2.45) is 5.92 Å². The number of anilines is 1. The highest BCUT2D eigenvalue weighted by Crippen LogP contribution is 2.31. The Morgan fingerprint density at radius 3 is 2.76 bits per heavy atom. The number of nitrogens with one attached hydrogen (secondary N) is 1. The van der Waals surface area contributed by atoms with Gasteiger partial charge in [0.05, 0.1) is 12.0 Å². The normalized spacial score (nSPS) is 24.1. The van der Waals surface area contributed by atoms with E-state index in [1.807, 2.05) is 18.2 Å². The number of nitrogens with zero attached hydrogens (tertiary/aromatic N) is 1. The van der Waals surface area contributed by atoms with E-state index >= 15 is 0 Å². The van der Waals surface area contributed by atoms with Gasteiger partial charge in [-0.15, -0.1) is 0 Å². The van der Waals surface area contributed by atoms with Crippen molar-refractivity contribution in [3.8, 4) is 6.07 Å². The number of halogens is 2. The van der Waals surface area contributed by atoms with Crippen molar-refractivity contribution in [2.75, 3.05) is 5.32 Å². The summed E-state index contributed by atoms with van der Waals surface area (Å²) in [6.45, 7) is 0. The van der Waals surface area contributed by atoms with Gasteiger partial charge in [0.2, 0.25) is 0 Å². The van der Waals surface area contributed by atoms with Gasteiger partial charge in [0.25, 0.3) is 0 Å². The average Bonchev–Trinajstić information content (AvgIpc) is 2.34. The van der Waals surface area contributed by atoms with Gasteiger partial charge in [-0.05, 0) is 47.0 Å². The maximum atomic E-state index is 9.15. The first-order valence-electron chi connectivity index (χ1n) is 5.82. The molecule has 0 amide bonds. The standard InChI is InChI=1S/C13H14Br2N2/c14-10-5-6-11(15)13(7-10)17-12-4-2-1-3-9(12)8-16/h5-7,9,12,17H,1-4H2. The van der Waals surface area contributed by atoms with E-state index in [2.05, 4.69) is 43.2 Å². The van der Waals surface area contributed by atoms with E-state index in [0.29, 0.717) is 0 Å². The summed E-state index contributed by atoms with van der Waals surface area (Å²) in [7, 11) is 0. The van der Waals surface area contributed by atoms with E-state index in [0.717, 1.165) is 27.5 Å². The predicted octanol–water partition coefficient (Wildman–Crippen LogP) is 4.71. The maximum absolute atomic E-state index is 9.15. The summed E-state index contributed by atoms with van der Waals surface area (Å²) in [5.41, 5.74) is 1.06. The lowest BCUT2D eigenvalue weighted by molar-refractivity contribution is 0.388. The molecule has 0 bridgehead atoms. The van der Waals surface area contributed by atoms with Crippen molar-refractivity contribution >= 4 is 37.5 Å². The van der Waals surface area contributed by atoms with Crippen LogP contribution in [0.1, 0.15) is 25.7 Å². The molecule has 0 saturated heterocycles. The monoisotopic (exact) mass is 356 g/mol. The fourth-order valence-electron chi connectivity index (χ4n) is 2.27. The summed E-state index contributed by atoms with van der Waals surface area (Å²) >= 11 is 7.00. The second-order valence-corrected chi connectivity index (χ2v) is 6.17. The minimum Gasteiger partial charge on any atom is -0.380 e. The molecule has 1 aromatic rings. The van der Waals surface area contributed by atoms with E-state index in [9.17, 15) is 0 Å². The zero-order valence-electron chi connectivity index (χ0n) is 9.42. The summed E-state index contributed by atoms with van der Waals surface area (Å²) in [6, 6.07) is 8.75. The number of rotatable bonds is 2. The van der Waals surface area contributed by atoms with Gasteiger partial charge in [0, 0.05) is 20.7 Å². The van der Waals surface area contributed by atoms with Gasteiger partial charge in [-0.3, -0.25) is 0 Å². The van der Waals surface area contributed by atoms with Crippen LogP contribution in [-0.4, -0.2) is 6.04 Å². The van der Waals surface area contributed by atoms with E-state index in [-0.39, 0.29) is 12.0 Å². The fourth-order valence-corrected chi connectivity index (χ4v) is 2.99. The van der Waals surface area contributed by atoms with Gasteiger partial charge in [-0.2, -0.15) is 5.26 Å². The largest absolute Gasteiger partial charge is 0.380 e. The van der Waals surface area contributed by atoms with Crippen LogP contribution in [0.2, 0.25) is 0 Å². The van der Waals surface area contributed by atoms with Crippen LogP contribution in [-0.2, 0) is 0 Å². The molecular formula is C13H14Br2N2. The topological polar surface area (TPSA) is 35.8 Å². The van der Waals surface area contributed by atoms with Crippen molar-refractivity contribution in [3.63, 3.8) is 0 Å². The lowest BCUT2D eigenvalue weighted by atomic mass is 9.85. The third-order valence-corrected chi connectivity index (χ3v) is 4.39. The quantitative estimate of drug-likeness (QED) is 0.832. The van der Waals surface area contributed by atoms with E-state index in [1.54, 1.807) is 0 Å². The molecule has 0 heterocycles. The zero-order valence-corrected chi connectivity index (χ0v) is 12.6. The Hall–Kier alpha value is -0.530. The van der Waals surface area contributed by atoms with Crippen LogP contribution in [0.3, 0.4) is 0 Å². The van der Waals surface area contributed by atoms with Crippen LogP contribution in [0.4, 0.5) is 5.69 Å². The molecule has 0 aromatic heterocycles. The molecule has 0 spiro atoms. The first-order chi connectivity index (χ1) is 8.20. The Balaban J connectivity index is 2.14. The maximum Gasteiger partial charge on any atom is 0.0677 e. The van der Waals surface area contributed by atoms with Crippen molar-refractivity contribution in [3.05, 3.63) is 27.1 Å². The molecule has 0 radical (unpaired) electrons. The minimum atomic E-state index is 0.134. The molecule has 2 rings (SSSR count). The van der Waals surface area contributed by atoms with Gasteiger partial charge in [-0.1, -0.05) is 28.8 Å². The Morgan fingerprint density at radius 1 is 1.24 bits per heavy atom. The fraction of sp³-hybridized carbons (Fsp3) is 0.462. The highest BCUT2D eigenvalue weighted by Gasteiger charge is 2.25. The van der Waals surface area contributed by atoms with Crippen LogP contribution in [0.15, 0.2) is 27.1 Å². The molecule has 0 aliphatic heterocycles. The Bertz CT molecular complexity index is 440. The summed E-state index contributed by atoms with van der Waals surface area (Å²) in [6.07, 6.45) is 4.48. The lowest BCUT2D eigenvalue weighted by Crippen LogP contribution is -2.31. The van der Waals surface area contributed by atoms with E-state index < -0.39 is 0 Å². The number of hydrogen-bond donors (Lipinski definition) is 1. The Labute approximate surface area is 119 Å². The second kappa shape index (κ2) is 5.88. The van der Waals surface area contributed by atoms with Gasteiger partial charge in [0.1, 0.15) is 0 Å². The van der Waals surface area contributed by atoms with Crippen LogP contribution in [0.5, 0.6) is 0 Å². The molecule has 2 unspecified atom stereocenters. The smallest absolute Gasteiger partial charge is 0.0677 e. The first-order valence-corrected chi connectivity index (χ1v) is 7.40. The summed E-state index contributed by atoms with van der Waals surface area (Å²) < 4.78 is 2.09. The third-order valence-electron chi connectivity index (χ3n) is 3.20. The Kier molecular flexibility index (Phi) is 4.47. The van der Waals surface area contributed by atoms with Crippen LogP contribution >= 0.6 is 31.9 Å². The van der Waals surface area contributed by atoms with Crippen LogP contribution in [0, 0.1) is 17.2 Å². The van der Waals surface area contributed by atoms with Gasteiger partial charge in [0.15, 0.2) is 0 Å². The van der Waals surface area contributed by atoms with Gasteiger partial charge in [-0.25, -0.2) is 0 Å². The zero-order chi connectivity index (χ0) is 12.3. The molecule has 2 nitrogen and oxygen atoms in total. The molecule has 1 saturated carbocycles. The summed E-state index contributed by atoms with van der Waals surface area (Å²) in [5.74, 6) is 0.134. The van der Waals surface area contributed by atoms with E-state index in [4.69, 9.17) is 5.26 Å². The van der Waals surface area contributed by atoms with E-state index in [1.165, 1.54) is 12.8 Å². The SMILES string of the molecule is N#CC1CCCCC1Nc1cc(Br)ccc1Br. The van der Waals surface area contributed by atoms with Crippen molar-refractivity contribution in [1.82, 2.24) is 0 Å². The van der Waals surface area contributed by atoms with Crippen LogP contribution < -0.4 is 5.32 Å². The average molecular weight is 358 g/mol. The van der Waals surface area contributed by atoms with Gasteiger partial charge < -0.3 is 5.32 Å². The van der Waals surface area contributed by atoms with Crippen molar-refractivity contribution in [1.29, 1.82) is 5.26 Å². The molecule has 4 heteroatoms. The van der Waals surface area contributed by atoms with Gasteiger partial charge >= 0.3 is 0 Å². The second-order valence-electron chi connectivity index (χ2n) is 4.40. The third kappa shape index (κ3) is 3.23. The molecular weight excluding hydrogens is 344 g/mol. The first kappa shape index (κ1) is 12.9. The van der Waals surface area contributed by atoms with Crippen molar-refractivity contribution in [2.45, 2.75) is 31.7 Å². The molecule has 1 aliphatic rings. The molecule has 90 valence electrons. The summed E-state index contributed by atoms with van der Waals surface area (Å²) in [5, 5.41) is 12.6. The molecule has 1 aromatic carbocycles. The van der Waals surface area contributed by atoms with Crippen LogP contribution in [0.25, 0.3) is 0 Å². The molecule has 1 fully saturated rings. The predicted molar refractivity (Wildman–Crippen MR) is 76.8 cm³/mol. The van der Waals surface area contributed by atoms with Crippen molar-refractivity contribution < 1.29 is 0 Å². The molecule has 1 N–H and O–H groups in total. The number of benzene rings is 1. The Morgan fingerprint density at radius 2 is 2.00 bits per heavy atom. The molecule has 1 aliphatic carbocycles. The summed E-state index contributed by atoms with van der Waals surface area (Å²) in [4.78, 5) is 0.